The summed E-state index contributed by atoms with van der Waals surface area (Å²) in [5, 5.41) is 3.63. The number of benzene rings is 1. The maximum atomic E-state index is 3.63. The van der Waals surface area contributed by atoms with E-state index in [-0.39, 0.29) is 0 Å². The normalized spacial score (nSPS) is 27.9. The number of fused-ring (bicyclic) bond motifs is 3. The molecular weight excluding hydrogens is 274 g/mol. The predicted octanol–water partition coefficient (Wildman–Crippen LogP) is 4.60. The molecule has 2 aliphatic carbocycles. The highest BCUT2D eigenvalue weighted by molar-refractivity contribution is 7.12. The molecule has 1 fully saturated rings. The van der Waals surface area contributed by atoms with Gasteiger partial charge < -0.3 is 5.32 Å². The lowest BCUT2D eigenvalue weighted by atomic mass is 9.92. The zero-order valence-corrected chi connectivity index (χ0v) is 13.8. The van der Waals surface area contributed by atoms with Gasteiger partial charge in [-0.2, -0.15) is 0 Å². The van der Waals surface area contributed by atoms with Crippen molar-refractivity contribution in [3.8, 4) is 0 Å². The molecule has 1 aromatic heterocycles. The van der Waals surface area contributed by atoms with Crippen LogP contribution in [-0.2, 0) is 6.42 Å². The Balaban J connectivity index is 1.68. The van der Waals surface area contributed by atoms with Gasteiger partial charge >= 0.3 is 0 Å². The third-order valence-electron chi connectivity index (χ3n) is 5.45. The molecule has 4 atom stereocenters. The van der Waals surface area contributed by atoms with E-state index in [0.29, 0.717) is 6.04 Å². The molecule has 2 heteroatoms. The third kappa shape index (κ3) is 2.08. The molecule has 0 saturated heterocycles. The van der Waals surface area contributed by atoms with Gasteiger partial charge in [-0.3, -0.25) is 0 Å². The molecule has 1 nitrogen and oxygen atoms in total. The molecule has 4 unspecified atom stereocenters. The first-order valence-electron chi connectivity index (χ1n) is 8.02. The average Bonchev–Trinajstić information content (AvgIpc) is 3.12. The zero-order chi connectivity index (χ0) is 14.6. The smallest absolute Gasteiger partial charge is 0.0452 e. The SMILES string of the molecule is CNC(c1sc(C)cc1C)C1C2CCc3ccccc3C21. The second kappa shape index (κ2) is 4.96. The Kier molecular flexibility index (Phi) is 3.20. The minimum Gasteiger partial charge on any atom is -0.312 e. The molecule has 4 rings (SSSR count). The second-order valence-corrected chi connectivity index (χ2v) is 7.96. The number of hydrogen-bond acceptors (Lipinski definition) is 2. The van der Waals surface area contributed by atoms with E-state index in [1.54, 1.807) is 16.0 Å². The third-order valence-corrected chi connectivity index (χ3v) is 6.68. The van der Waals surface area contributed by atoms with Gasteiger partial charge in [-0.15, -0.1) is 11.3 Å². The van der Waals surface area contributed by atoms with E-state index >= 15 is 0 Å². The fourth-order valence-corrected chi connectivity index (χ4v) is 5.75. The van der Waals surface area contributed by atoms with Gasteiger partial charge in [-0.05, 0) is 74.2 Å². The van der Waals surface area contributed by atoms with Crippen LogP contribution in [0, 0.1) is 25.7 Å². The van der Waals surface area contributed by atoms with E-state index in [0.717, 1.165) is 17.8 Å². The van der Waals surface area contributed by atoms with Gasteiger partial charge in [0.05, 0.1) is 0 Å². The van der Waals surface area contributed by atoms with Gasteiger partial charge in [0.2, 0.25) is 0 Å². The van der Waals surface area contributed by atoms with E-state index in [1.165, 1.54) is 23.3 Å². The largest absolute Gasteiger partial charge is 0.312 e. The van der Waals surface area contributed by atoms with Crippen LogP contribution in [0.25, 0.3) is 0 Å². The minimum atomic E-state index is 0.532. The average molecular weight is 297 g/mol. The van der Waals surface area contributed by atoms with Gasteiger partial charge in [0.1, 0.15) is 0 Å². The molecule has 1 saturated carbocycles. The molecule has 0 aliphatic heterocycles. The molecule has 1 N–H and O–H groups in total. The maximum absolute atomic E-state index is 3.63. The maximum Gasteiger partial charge on any atom is 0.0452 e. The number of aryl methyl sites for hydroxylation is 3. The van der Waals surface area contributed by atoms with Gasteiger partial charge in [0.25, 0.3) is 0 Å². The molecule has 0 spiro atoms. The van der Waals surface area contributed by atoms with Crippen LogP contribution in [0.2, 0.25) is 0 Å². The molecular formula is C19H23NS. The van der Waals surface area contributed by atoms with E-state index in [2.05, 4.69) is 56.5 Å². The Labute approximate surface area is 131 Å². The lowest BCUT2D eigenvalue weighted by Crippen LogP contribution is -2.19. The molecule has 2 aromatic rings. The van der Waals surface area contributed by atoms with Crippen molar-refractivity contribution in [1.29, 1.82) is 0 Å². The van der Waals surface area contributed by atoms with Crippen LogP contribution in [0.5, 0.6) is 0 Å². The molecule has 0 amide bonds. The van der Waals surface area contributed by atoms with Crippen LogP contribution in [0.1, 0.15) is 44.8 Å². The van der Waals surface area contributed by atoms with Crippen LogP contribution in [0.15, 0.2) is 30.3 Å². The highest BCUT2D eigenvalue weighted by Crippen LogP contribution is 2.64. The van der Waals surface area contributed by atoms with Crippen molar-refractivity contribution in [3.05, 3.63) is 56.8 Å². The number of hydrogen-bond donors (Lipinski definition) is 1. The van der Waals surface area contributed by atoms with Crippen molar-refractivity contribution in [3.63, 3.8) is 0 Å². The van der Waals surface area contributed by atoms with E-state index in [1.807, 2.05) is 11.3 Å². The van der Waals surface area contributed by atoms with Gasteiger partial charge in [0, 0.05) is 15.8 Å². The summed E-state index contributed by atoms with van der Waals surface area (Å²) in [6.45, 7) is 4.49. The van der Waals surface area contributed by atoms with E-state index in [9.17, 15) is 0 Å². The molecule has 2 aliphatic rings. The Morgan fingerprint density at radius 2 is 2.05 bits per heavy atom. The topological polar surface area (TPSA) is 12.0 Å². The Morgan fingerprint density at radius 1 is 1.24 bits per heavy atom. The highest BCUT2D eigenvalue weighted by Gasteiger charge is 2.56. The van der Waals surface area contributed by atoms with Crippen molar-refractivity contribution in [1.82, 2.24) is 5.32 Å². The molecule has 0 bridgehead atoms. The van der Waals surface area contributed by atoms with Gasteiger partial charge in [0.15, 0.2) is 0 Å². The van der Waals surface area contributed by atoms with Crippen LogP contribution in [0.3, 0.4) is 0 Å². The first kappa shape index (κ1) is 13.5. The first-order valence-corrected chi connectivity index (χ1v) is 8.84. The molecule has 0 radical (unpaired) electrons. The van der Waals surface area contributed by atoms with Crippen LogP contribution in [-0.4, -0.2) is 7.05 Å². The monoisotopic (exact) mass is 297 g/mol. The highest BCUT2D eigenvalue weighted by atomic mass is 32.1. The standard InChI is InChI=1S/C19H23NS/c1-11-10-12(2)21-19(11)18(20-3)17-15-9-8-13-6-4-5-7-14(13)16(15)17/h4-7,10,15-18,20H,8-9H2,1-3H3. The molecule has 110 valence electrons. The summed E-state index contributed by atoms with van der Waals surface area (Å²) >= 11 is 1.98. The summed E-state index contributed by atoms with van der Waals surface area (Å²) in [5.41, 5.74) is 4.69. The van der Waals surface area contributed by atoms with Crippen molar-refractivity contribution in [2.45, 2.75) is 38.6 Å². The Hall–Kier alpha value is -1.12. The van der Waals surface area contributed by atoms with Crippen LogP contribution < -0.4 is 5.32 Å². The number of nitrogens with one attached hydrogen (secondary N) is 1. The molecule has 21 heavy (non-hydrogen) atoms. The zero-order valence-electron chi connectivity index (χ0n) is 13.0. The lowest BCUT2D eigenvalue weighted by molar-refractivity contribution is 0.490. The number of rotatable bonds is 3. The van der Waals surface area contributed by atoms with Gasteiger partial charge in [-0.1, -0.05) is 24.3 Å². The molecule has 1 aromatic carbocycles. The Bertz CT molecular complexity index is 672. The lowest BCUT2D eigenvalue weighted by Gasteiger charge is -2.16. The summed E-state index contributed by atoms with van der Waals surface area (Å²) in [6, 6.07) is 12.0. The quantitative estimate of drug-likeness (QED) is 0.873. The first-order chi connectivity index (χ1) is 10.2. The Morgan fingerprint density at radius 3 is 2.76 bits per heavy atom. The summed E-state index contributed by atoms with van der Waals surface area (Å²) < 4.78 is 0. The fourth-order valence-electron chi connectivity index (χ4n) is 4.54. The van der Waals surface area contributed by atoms with Crippen molar-refractivity contribution >= 4 is 11.3 Å². The van der Waals surface area contributed by atoms with E-state index in [4.69, 9.17) is 0 Å². The number of thiophene rings is 1. The van der Waals surface area contributed by atoms with Crippen molar-refractivity contribution in [2.75, 3.05) is 7.05 Å². The van der Waals surface area contributed by atoms with Crippen LogP contribution >= 0.6 is 11.3 Å². The second-order valence-electron chi connectivity index (χ2n) is 6.68. The van der Waals surface area contributed by atoms with Crippen molar-refractivity contribution in [2.24, 2.45) is 11.8 Å². The summed E-state index contributed by atoms with van der Waals surface area (Å²) in [7, 11) is 2.13. The fraction of sp³-hybridized carbons (Fsp3) is 0.474. The minimum absolute atomic E-state index is 0.532. The van der Waals surface area contributed by atoms with Gasteiger partial charge in [-0.25, -0.2) is 0 Å². The van der Waals surface area contributed by atoms with Crippen molar-refractivity contribution < 1.29 is 0 Å². The summed E-state index contributed by atoms with van der Waals surface area (Å²) in [4.78, 5) is 3.00. The van der Waals surface area contributed by atoms with Crippen LogP contribution in [0.4, 0.5) is 0 Å². The predicted molar refractivity (Wildman–Crippen MR) is 90.1 cm³/mol. The summed E-state index contributed by atoms with van der Waals surface area (Å²) in [6.07, 6.45) is 2.64. The summed E-state index contributed by atoms with van der Waals surface area (Å²) in [5.74, 6) is 2.46. The van der Waals surface area contributed by atoms with E-state index < -0.39 is 0 Å². The molecule has 1 heterocycles.